The molecule has 27 heavy (non-hydrogen) atoms. The SMILES string of the molecule is C[C@H](CO)ON=C(C(=O)Nc1nccs1)c1ccc(S(=O)(=O)C2CC2)cc1. The number of hydrogen-bond acceptors (Lipinski definition) is 8. The summed E-state index contributed by atoms with van der Waals surface area (Å²) in [5, 5.41) is 17.4. The number of aliphatic hydroxyl groups excluding tert-OH is 1. The normalized spacial score (nSPS) is 16.0. The Morgan fingerprint density at radius 3 is 2.67 bits per heavy atom. The molecule has 1 aliphatic rings. The van der Waals surface area contributed by atoms with Crippen LogP contribution < -0.4 is 5.32 Å². The number of thiazole rings is 1. The van der Waals surface area contributed by atoms with Gasteiger partial charge >= 0.3 is 0 Å². The van der Waals surface area contributed by atoms with Crippen molar-refractivity contribution in [3.63, 3.8) is 0 Å². The summed E-state index contributed by atoms with van der Waals surface area (Å²) < 4.78 is 24.6. The Hall–Kier alpha value is -2.30. The summed E-state index contributed by atoms with van der Waals surface area (Å²) in [5.74, 6) is -0.548. The first-order chi connectivity index (χ1) is 12.9. The first-order valence-electron chi connectivity index (χ1n) is 8.31. The molecule has 0 saturated heterocycles. The highest BCUT2D eigenvalue weighted by Crippen LogP contribution is 2.33. The molecular formula is C17H19N3O5S2. The predicted molar refractivity (Wildman–Crippen MR) is 102 cm³/mol. The first-order valence-corrected chi connectivity index (χ1v) is 10.7. The van der Waals surface area contributed by atoms with Crippen LogP contribution in [-0.2, 0) is 19.5 Å². The van der Waals surface area contributed by atoms with Gasteiger partial charge in [0.05, 0.1) is 16.8 Å². The van der Waals surface area contributed by atoms with Crippen LogP contribution in [0.25, 0.3) is 0 Å². The number of carbonyl (C=O) groups excluding carboxylic acids is 1. The molecule has 8 nitrogen and oxygen atoms in total. The van der Waals surface area contributed by atoms with Crippen LogP contribution in [0.1, 0.15) is 25.3 Å². The Kier molecular flexibility index (Phi) is 5.88. The number of carbonyl (C=O) groups is 1. The van der Waals surface area contributed by atoms with Crippen molar-refractivity contribution in [1.29, 1.82) is 0 Å². The lowest BCUT2D eigenvalue weighted by Gasteiger charge is -2.10. The Bertz CT molecular complexity index is 920. The molecule has 0 bridgehead atoms. The minimum atomic E-state index is -3.31. The van der Waals surface area contributed by atoms with Crippen molar-refractivity contribution in [3.8, 4) is 0 Å². The van der Waals surface area contributed by atoms with Gasteiger partial charge in [0.25, 0.3) is 5.91 Å². The molecule has 1 fully saturated rings. The second-order valence-electron chi connectivity index (χ2n) is 6.10. The zero-order valence-corrected chi connectivity index (χ0v) is 16.2. The molecule has 1 heterocycles. The molecule has 1 aromatic heterocycles. The Labute approximate surface area is 160 Å². The lowest BCUT2D eigenvalue weighted by Crippen LogP contribution is -2.25. The van der Waals surface area contributed by atoms with Gasteiger partial charge in [-0.05, 0) is 31.9 Å². The van der Waals surface area contributed by atoms with E-state index in [1.807, 2.05) is 0 Å². The second kappa shape index (κ2) is 8.15. The number of amides is 1. The van der Waals surface area contributed by atoms with Crippen molar-refractivity contribution in [1.82, 2.24) is 4.98 Å². The third kappa shape index (κ3) is 4.71. The van der Waals surface area contributed by atoms with E-state index in [4.69, 9.17) is 9.94 Å². The van der Waals surface area contributed by atoms with Crippen molar-refractivity contribution >= 4 is 37.9 Å². The molecule has 1 saturated carbocycles. The van der Waals surface area contributed by atoms with Crippen molar-refractivity contribution in [2.24, 2.45) is 5.16 Å². The minimum Gasteiger partial charge on any atom is -0.392 e. The molecule has 1 aliphatic carbocycles. The van der Waals surface area contributed by atoms with Crippen LogP contribution in [0.3, 0.4) is 0 Å². The Morgan fingerprint density at radius 1 is 1.41 bits per heavy atom. The van der Waals surface area contributed by atoms with Gasteiger partial charge in [-0.3, -0.25) is 10.1 Å². The number of rotatable bonds is 8. The summed E-state index contributed by atoms with van der Waals surface area (Å²) in [4.78, 5) is 21.9. The molecule has 0 spiro atoms. The van der Waals surface area contributed by atoms with E-state index < -0.39 is 21.8 Å². The molecule has 1 aromatic carbocycles. The lowest BCUT2D eigenvalue weighted by molar-refractivity contribution is -0.110. The molecular weight excluding hydrogens is 390 g/mol. The van der Waals surface area contributed by atoms with E-state index in [1.54, 1.807) is 18.5 Å². The number of aliphatic hydroxyl groups is 1. The molecule has 2 aromatic rings. The smallest absolute Gasteiger partial charge is 0.280 e. The Morgan fingerprint density at radius 2 is 2.11 bits per heavy atom. The maximum absolute atomic E-state index is 12.6. The van der Waals surface area contributed by atoms with Gasteiger partial charge in [-0.25, -0.2) is 13.4 Å². The van der Waals surface area contributed by atoms with Gasteiger partial charge in [0.15, 0.2) is 20.7 Å². The fraction of sp³-hybridized carbons (Fsp3) is 0.353. The van der Waals surface area contributed by atoms with E-state index in [9.17, 15) is 13.2 Å². The highest BCUT2D eigenvalue weighted by molar-refractivity contribution is 7.92. The van der Waals surface area contributed by atoms with Gasteiger partial charge in [-0.15, -0.1) is 11.3 Å². The second-order valence-corrected chi connectivity index (χ2v) is 9.22. The third-order valence-electron chi connectivity index (χ3n) is 3.87. The minimum absolute atomic E-state index is 0.0409. The molecule has 1 atom stereocenters. The number of sulfone groups is 1. The summed E-state index contributed by atoms with van der Waals surface area (Å²) in [6, 6.07) is 5.96. The van der Waals surface area contributed by atoms with Gasteiger partial charge in [-0.1, -0.05) is 17.3 Å². The number of nitrogens with zero attached hydrogens (tertiary/aromatic N) is 2. The average Bonchev–Trinajstić information content (AvgIpc) is 3.41. The average molecular weight is 409 g/mol. The fourth-order valence-corrected chi connectivity index (χ4v) is 4.40. The van der Waals surface area contributed by atoms with E-state index in [2.05, 4.69) is 15.5 Å². The Balaban J connectivity index is 1.86. The highest BCUT2D eigenvalue weighted by atomic mass is 32.2. The number of nitrogens with one attached hydrogen (secondary N) is 1. The molecule has 2 N–H and O–H groups in total. The van der Waals surface area contributed by atoms with E-state index in [0.717, 1.165) is 0 Å². The number of aromatic nitrogens is 1. The molecule has 0 unspecified atom stereocenters. The summed E-state index contributed by atoms with van der Waals surface area (Å²) in [6.07, 6.45) is 2.32. The molecule has 0 aliphatic heterocycles. The van der Waals surface area contributed by atoms with Crippen LogP contribution in [0, 0.1) is 0 Å². The van der Waals surface area contributed by atoms with E-state index >= 15 is 0 Å². The quantitative estimate of drug-likeness (QED) is 0.507. The van der Waals surface area contributed by atoms with Gasteiger partial charge in [0, 0.05) is 17.1 Å². The predicted octanol–water partition coefficient (Wildman–Crippen LogP) is 1.82. The third-order valence-corrected chi connectivity index (χ3v) is 6.84. The van der Waals surface area contributed by atoms with E-state index in [0.29, 0.717) is 23.5 Å². The van der Waals surface area contributed by atoms with Crippen LogP contribution in [0.2, 0.25) is 0 Å². The maximum Gasteiger partial charge on any atom is 0.280 e. The van der Waals surface area contributed by atoms with Gasteiger partial charge in [0.1, 0.15) is 6.10 Å². The maximum atomic E-state index is 12.6. The van der Waals surface area contributed by atoms with Crippen molar-refractivity contribution in [2.45, 2.75) is 36.0 Å². The number of hydrogen-bond donors (Lipinski definition) is 2. The van der Waals surface area contributed by atoms with Crippen molar-refractivity contribution in [2.75, 3.05) is 11.9 Å². The molecule has 1 amide bonds. The number of anilines is 1. The molecule has 0 radical (unpaired) electrons. The molecule has 144 valence electrons. The van der Waals surface area contributed by atoms with Crippen LogP contribution in [-0.4, -0.2) is 48.1 Å². The lowest BCUT2D eigenvalue weighted by atomic mass is 10.1. The number of oxime groups is 1. The monoisotopic (exact) mass is 409 g/mol. The molecule has 10 heteroatoms. The summed E-state index contributed by atoms with van der Waals surface area (Å²) in [6.45, 7) is 1.34. The van der Waals surface area contributed by atoms with Crippen LogP contribution in [0.4, 0.5) is 5.13 Å². The van der Waals surface area contributed by atoms with Gasteiger partial charge in [0.2, 0.25) is 0 Å². The van der Waals surface area contributed by atoms with Crippen LogP contribution in [0.5, 0.6) is 0 Å². The topological polar surface area (TPSA) is 118 Å². The highest BCUT2D eigenvalue weighted by Gasteiger charge is 2.36. The number of benzene rings is 1. The summed E-state index contributed by atoms with van der Waals surface area (Å²) in [5.41, 5.74) is 0.352. The van der Waals surface area contributed by atoms with Gasteiger partial charge in [-0.2, -0.15) is 0 Å². The van der Waals surface area contributed by atoms with Crippen LogP contribution >= 0.6 is 11.3 Å². The van der Waals surface area contributed by atoms with Crippen molar-refractivity contribution in [3.05, 3.63) is 41.4 Å². The summed E-state index contributed by atoms with van der Waals surface area (Å²) >= 11 is 1.25. The van der Waals surface area contributed by atoms with Crippen LogP contribution in [0.15, 0.2) is 45.9 Å². The van der Waals surface area contributed by atoms with Gasteiger partial charge < -0.3 is 9.94 Å². The zero-order valence-electron chi connectivity index (χ0n) is 14.5. The summed E-state index contributed by atoms with van der Waals surface area (Å²) in [7, 11) is -3.31. The zero-order chi connectivity index (χ0) is 19.4. The van der Waals surface area contributed by atoms with Crippen molar-refractivity contribution < 1.29 is 23.2 Å². The van der Waals surface area contributed by atoms with E-state index in [-0.39, 0.29) is 22.5 Å². The first kappa shape index (κ1) is 19.5. The standard InChI is InChI=1S/C17H19N3O5S2/c1-11(10-21)25-20-15(16(22)19-17-18-8-9-26-17)12-2-4-13(5-3-12)27(23,24)14-6-7-14/h2-5,8-9,11,14,21H,6-7,10H2,1H3,(H,18,19,22)/t11-/m1/s1. The molecule has 3 rings (SSSR count). The fourth-order valence-electron chi connectivity index (χ4n) is 2.22. The van der Waals surface area contributed by atoms with E-state index in [1.165, 1.54) is 35.6 Å². The largest absolute Gasteiger partial charge is 0.392 e.